The lowest BCUT2D eigenvalue weighted by molar-refractivity contribution is 0.340. The minimum atomic E-state index is -3.77. The predicted octanol–water partition coefficient (Wildman–Crippen LogP) is 1.35. The van der Waals surface area contributed by atoms with Gasteiger partial charge in [-0.15, -0.1) is 0 Å². The third-order valence-electron chi connectivity index (χ3n) is 2.13. The third-order valence-corrected chi connectivity index (χ3v) is 4.52. The van der Waals surface area contributed by atoms with Crippen molar-refractivity contribution in [3.8, 4) is 5.75 Å². The highest BCUT2D eigenvalue weighted by Gasteiger charge is 2.13. The average molecular weight is 313 g/mol. The van der Waals surface area contributed by atoms with Crippen LogP contribution < -0.4 is 4.74 Å². The summed E-state index contributed by atoms with van der Waals surface area (Å²) in [5.41, 5.74) is 0.446. The van der Waals surface area contributed by atoms with E-state index >= 15 is 0 Å². The maximum absolute atomic E-state index is 11.2. The molecule has 0 saturated heterocycles. The van der Waals surface area contributed by atoms with Gasteiger partial charge in [-0.2, -0.15) is 0 Å². The Morgan fingerprint density at radius 1 is 1.22 bits per heavy atom. The molecule has 0 spiro atoms. The van der Waals surface area contributed by atoms with E-state index in [1.807, 2.05) is 0 Å². The normalized spacial score (nSPS) is 12.4. The maximum atomic E-state index is 11.2. The molecule has 18 heavy (non-hydrogen) atoms. The molecule has 0 amide bonds. The van der Waals surface area contributed by atoms with Gasteiger partial charge in [0.05, 0.1) is 10.6 Å². The number of halogens is 1. The molecule has 8 heteroatoms. The molecule has 102 valence electrons. The number of aryl methyl sites for hydroxylation is 1. The maximum Gasteiger partial charge on any atom is 0.261 e. The molecule has 0 N–H and O–H groups in total. The van der Waals surface area contributed by atoms with Crippen LogP contribution in [0.3, 0.4) is 0 Å². The minimum absolute atomic E-state index is 0.0135. The summed E-state index contributed by atoms with van der Waals surface area (Å²) in [6.45, 7) is 1.60. The first-order valence-corrected chi connectivity index (χ1v) is 9.32. The molecular formula is C10H13ClO5S2. The van der Waals surface area contributed by atoms with Crippen LogP contribution in [0.5, 0.6) is 5.75 Å². The Bertz CT molecular complexity index is 634. The van der Waals surface area contributed by atoms with Gasteiger partial charge in [-0.25, -0.2) is 16.8 Å². The van der Waals surface area contributed by atoms with Gasteiger partial charge in [0.25, 0.3) is 9.05 Å². The first-order chi connectivity index (χ1) is 8.09. The Kier molecular flexibility index (Phi) is 4.63. The molecule has 0 saturated carbocycles. The molecule has 0 radical (unpaired) electrons. The van der Waals surface area contributed by atoms with Crippen LogP contribution in [0, 0.1) is 6.92 Å². The predicted molar refractivity (Wildman–Crippen MR) is 69.4 cm³/mol. The van der Waals surface area contributed by atoms with E-state index in [0.717, 1.165) is 6.26 Å². The fourth-order valence-corrected chi connectivity index (χ4v) is 2.88. The zero-order valence-electron chi connectivity index (χ0n) is 9.88. The molecule has 1 aromatic rings. The first kappa shape index (κ1) is 15.3. The second kappa shape index (κ2) is 5.46. The lowest BCUT2D eigenvalue weighted by atomic mass is 10.2. The van der Waals surface area contributed by atoms with Crippen molar-refractivity contribution in [1.29, 1.82) is 0 Å². The van der Waals surface area contributed by atoms with Crippen molar-refractivity contribution in [2.75, 3.05) is 18.6 Å². The highest BCUT2D eigenvalue weighted by molar-refractivity contribution is 8.13. The van der Waals surface area contributed by atoms with Crippen molar-refractivity contribution in [1.82, 2.24) is 0 Å². The van der Waals surface area contributed by atoms with E-state index in [-0.39, 0.29) is 17.3 Å². The quantitative estimate of drug-likeness (QED) is 0.767. The van der Waals surface area contributed by atoms with Crippen molar-refractivity contribution < 1.29 is 21.6 Å². The largest absolute Gasteiger partial charge is 0.493 e. The minimum Gasteiger partial charge on any atom is -0.493 e. The van der Waals surface area contributed by atoms with Crippen LogP contribution in [-0.2, 0) is 18.9 Å². The Morgan fingerprint density at radius 2 is 1.83 bits per heavy atom. The van der Waals surface area contributed by atoms with Gasteiger partial charge in [-0.1, -0.05) is 0 Å². The molecule has 0 aromatic heterocycles. The van der Waals surface area contributed by atoms with E-state index in [1.54, 1.807) is 6.92 Å². The number of rotatable bonds is 5. The highest BCUT2D eigenvalue weighted by atomic mass is 35.7. The summed E-state index contributed by atoms with van der Waals surface area (Å²) < 4.78 is 49.3. The summed E-state index contributed by atoms with van der Waals surface area (Å²) in [6, 6.07) is 4.26. The Hall–Kier alpha value is -0.790. The molecule has 0 fully saturated rings. The van der Waals surface area contributed by atoms with Crippen LogP contribution in [0.15, 0.2) is 23.1 Å². The Morgan fingerprint density at radius 3 is 2.28 bits per heavy atom. The van der Waals surface area contributed by atoms with Crippen LogP contribution in [0.4, 0.5) is 0 Å². The number of ether oxygens (including phenoxy) is 1. The van der Waals surface area contributed by atoms with E-state index in [9.17, 15) is 16.8 Å². The molecular weight excluding hydrogens is 300 g/mol. The van der Waals surface area contributed by atoms with Crippen LogP contribution >= 0.6 is 10.7 Å². The average Bonchev–Trinajstić information content (AvgIpc) is 2.13. The van der Waals surface area contributed by atoms with Crippen LogP contribution in [0.25, 0.3) is 0 Å². The van der Waals surface area contributed by atoms with Crippen LogP contribution in [-0.4, -0.2) is 35.5 Å². The number of hydrogen-bond donors (Lipinski definition) is 0. The van der Waals surface area contributed by atoms with Crippen molar-refractivity contribution in [2.24, 2.45) is 0 Å². The molecule has 5 nitrogen and oxygen atoms in total. The summed E-state index contributed by atoms with van der Waals surface area (Å²) in [7, 11) is -1.62. The third kappa shape index (κ3) is 4.83. The fourth-order valence-electron chi connectivity index (χ4n) is 1.30. The van der Waals surface area contributed by atoms with Gasteiger partial charge in [0.2, 0.25) is 0 Å². The SMILES string of the molecule is Cc1cc(OCCS(C)(=O)=O)ccc1S(=O)(=O)Cl. The standard InChI is InChI=1S/C10H13ClO5S2/c1-8-7-9(16-5-6-17(2,12)13)3-4-10(8)18(11,14)15/h3-4,7H,5-6H2,1-2H3. The summed E-state index contributed by atoms with van der Waals surface area (Å²) >= 11 is 0. The molecule has 0 heterocycles. The van der Waals surface area contributed by atoms with E-state index in [1.165, 1.54) is 18.2 Å². The summed E-state index contributed by atoms with van der Waals surface area (Å²) in [6.07, 6.45) is 1.12. The van der Waals surface area contributed by atoms with Gasteiger partial charge < -0.3 is 4.74 Å². The zero-order chi connectivity index (χ0) is 14.0. The van der Waals surface area contributed by atoms with Gasteiger partial charge in [0.15, 0.2) is 9.84 Å². The second-order valence-corrected chi connectivity index (χ2v) is 8.64. The molecule has 0 aliphatic heterocycles. The number of benzene rings is 1. The molecule has 1 aromatic carbocycles. The molecule has 0 aliphatic carbocycles. The van der Waals surface area contributed by atoms with Crippen molar-refractivity contribution in [3.05, 3.63) is 23.8 Å². The van der Waals surface area contributed by atoms with E-state index in [2.05, 4.69) is 0 Å². The fraction of sp³-hybridized carbons (Fsp3) is 0.400. The van der Waals surface area contributed by atoms with Gasteiger partial charge in [-0.05, 0) is 30.7 Å². The van der Waals surface area contributed by atoms with Gasteiger partial charge >= 0.3 is 0 Å². The lowest BCUT2D eigenvalue weighted by Crippen LogP contribution is -2.12. The van der Waals surface area contributed by atoms with E-state index < -0.39 is 18.9 Å². The van der Waals surface area contributed by atoms with Crippen molar-refractivity contribution >= 4 is 29.6 Å². The highest BCUT2D eigenvalue weighted by Crippen LogP contribution is 2.23. The van der Waals surface area contributed by atoms with Crippen molar-refractivity contribution in [3.63, 3.8) is 0 Å². The van der Waals surface area contributed by atoms with Crippen molar-refractivity contribution in [2.45, 2.75) is 11.8 Å². The summed E-state index contributed by atoms with van der Waals surface area (Å²) in [5, 5.41) is 0. The second-order valence-electron chi connectivity index (χ2n) is 3.84. The van der Waals surface area contributed by atoms with Crippen LogP contribution in [0.1, 0.15) is 5.56 Å². The topological polar surface area (TPSA) is 77.5 Å². The summed E-state index contributed by atoms with van der Waals surface area (Å²) in [5.74, 6) is 0.307. The molecule has 0 atom stereocenters. The van der Waals surface area contributed by atoms with Gasteiger partial charge in [0, 0.05) is 16.9 Å². The van der Waals surface area contributed by atoms with E-state index in [0.29, 0.717) is 11.3 Å². The Balaban J connectivity index is 2.80. The molecule has 0 aliphatic rings. The monoisotopic (exact) mass is 312 g/mol. The lowest BCUT2D eigenvalue weighted by Gasteiger charge is -2.08. The first-order valence-electron chi connectivity index (χ1n) is 4.95. The number of hydrogen-bond acceptors (Lipinski definition) is 5. The Labute approximate surface area is 111 Å². The molecule has 0 bridgehead atoms. The summed E-state index contributed by atoms with van der Waals surface area (Å²) in [4.78, 5) is 0.0135. The molecule has 1 rings (SSSR count). The zero-order valence-corrected chi connectivity index (χ0v) is 12.3. The van der Waals surface area contributed by atoms with Crippen LogP contribution in [0.2, 0.25) is 0 Å². The number of sulfone groups is 1. The molecule has 0 unspecified atom stereocenters. The smallest absolute Gasteiger partial charge is 0.261 e. The van der Waals surface area contributed by atoms with Gasteiger partial charge in [-0.3, -0.25) is 0 Å². The van der Waals surface area contributed by atoms with Gasteiger partial charge in [0.1, 0.15) is 12.4 Å². The van der Waals surface area contributed by atoms with E-state index in [4.69, 9.17) is 15.4 Å².